The van der Waals surface area contributed by atoms with E-state index in [1.165, 1.54) is 6.07 Å². The molecule has 2 aromatic carbocycles. The van der Waals surface area contributed by atoms with Crippen LogP contribution < -0.4 is 10.1 Å². The van der Waals surface area contributed by atoms with Crippen molar-refractivity contribution in [1.29, 1.82) is 0 Å². The zero-order valence-electron chi connectivity index (χ0n) is 14.3. The third-order valence-corrected chi connectivity index (χ3v) is 4.23. The highest BCUT2D eigenvalue weighted by molar-refractivity contribution is 6.35. The van der Waals surface area contributed by atoms with Gasteiger partial charge in [0.15, 0.2) is 6.61 Å². The third kappa shape index (κ3) is 4.35. The molecule has 0 bridgehead atoms. The maximum Gasteiger partial charge on any atom is 0.356 e. The summed E-state index contributed by atoms with van der Waals surface area (Å²) in [6.07, 6.45) is 0. The number of ether oxygens (including phenoxy) is 2. The highest BCUT2D eigenvalue weighted by Gasteiger charge is 2.20. The number of hydrogen-bond donors (Lipinski definition) is 2. The summed E-state index contributed by atoms with van der Waals surface area (Å²) in [6.45, 7) is 1.64. The van der Waals surface area contributed by atoms with Crippen molar-refractivity contribution in [2.45, 2.75) is 6.92 Å². The summed E-state index contributed by atoms with van der Waals surface area (Å²) in [5, 5.41) is 4.17. The van der Waals surface area contributed by atoms with Gasteiger partial charge >= 0.3 is 5.97 Å². The van der Waals surface area contributed by atoms with E-state index in [4.69, 9.17) is 32.7 Å². The Hall–Kier alpha value is -2.70. The molecule has 3 aromatic rings. The number of para-hydroxylation sites is 1. The molecule has 0 spiro atoms. The second kappa shape index (κ2) is 8.33. The van der Waals surface area contributed by atoms with E-state index < -0.39 is 11.9 Å². The van der Waals surface area contributed by atoms with E-state index in [0.29, 0.717) is 32.4 Å². The monoisotopic (exact) mass is 406 g/mol. The first-order valence-electron chi connectivity index (χ1n) is 8.15. The number of hydrogen-bond acceptors (Lipinski definition) is 4. The van der Waals surface area contributed by atoms with Crippen molar-refractivity contribution >= 4 is 51.7 Å². The van der Waals surface area contributed by atoms with Crippen LogP contribution in [0.2, 0.25) is 10.0 Å². The van der Waals surface area contributed by atoms with Gasteiger partial charge in [-0.05, 0) is 31.2 Å². The fraction of sp³-hybridized carbons (Fsp3) is 0.158. The number of amides is 1. The second-order valence-corrected chi connectivity index (χ2v) is 6.40. The van der Waals surface area contributed by atoms with Crippen LogP contribution in [0.1, 0.15) is 17.4 Å². The fourth-order valence-electron chi connectivity index (χ4n) is 2.54. The van der Waals surface area contributed by atoms with Crippen molar-refractivity contribution in [3.8, 4) is 5.75 Å². The highest BCUT2D eigenvalue weighted by atomic mass is 35.5. The Morgan fingerprint density at radius 1 is 1.15 bits per heavy atom. The van der Waals surface area contributed by atoms with E-state index in [1.807, 2.05) is 12.1 Å². The highest BCUT2D eigenvalue weighted by Crippen LogP contribution is 2.29. The van der Waals surface area contributed by atoms with Crippen molar-refractivity contribution in [2.24, 2.45) is 0 Å². The first kappa shape index (κ1) is 19.1. The minimum absolute atomic E-state index is 0.177. The minimum atomic E-state index is -0.550. The lowest BCUT2D eigenvalue weighted by molar-refractivity contribution is -0.118. The molecule has 1 heterocycles. The van der Waals surface area contributed by atoms with Gasteiger partial charge < -0.3 is 19.8 Å². The molecular weight excluding hydrogens is 391 g/mol. The van der Waals surface area contributed by atoms with E-state index in [-0.39, 0.29) is 18.9 Å². The Kier molecular flexibility index (Phi) is 5.88. The van der Waals surface area contributed by atoms with Crippen LogP contribution in [0, 0.1) is 0 Å². The fourth-order valence-corrected chi connectivity index (χ4v) is 3.00. The number of anilines is 1. The molecule has 0 unspecified atom stereocenters. The lowest BCUT2D eigenvalue weighted by atomic mass is 10.2. The van der Waals surface area contributed by atoms with Crippen molar-refractivity contribution in [2.75, 3.05) is 18.5 Å². The van der Waals surface area contributed by atoms with Gasteiger partial charge in [0.1, 0.15) is 11.4 Å². The number of halogens is 2. The summed E-state index contributed by atoms with van der Waals surface area (Å²) in [5.41, 5.74) is 1.23. The van der Waals surface area contributed by atoms with Crippen LogP contribution in [0.15, 0.2) is 42.5 Å². The predicted octanol–water partition coefficient (Wildman–Crippen LogP) is 4.67. The maximum atomic E-state index is 12.4. The van der Waals surface area contributed by atoms with Gasteiger partial charge in [-0.3, -0.25) is 4.79 Å². The largest absolute Gasteiger partial charge is 0.482 e. The molecule has 0 aliphatic heterocycles. The Balaban J connectivity index is 1.79. The SMILES string of the molecule is CCOC(=O)c1[nH]c2ccccc2c1NC(=O)COc1ccc(Cl)cc1Cl. The topological polar surface area (TPSA) is 80.4 Å². The first-order valence-corrected chi connectivity index (χ1v) is 8.90. The van der Waals surface area contributed by atoms with Gasteiger partial charge in [0.2, 0.25) is 0 Å². The van der Waals surface area contributed by atoms with Crippen LogP contribution in [0.25, 0.3) is 10.9 Å². The van der Waals surface area contributed by atoms with Gasteiger partial charge in [0, 0.05) is 15.9 Å². The Labute approximate surface area is 165 Å². The van der Waals surface area contributed by atoms with Crippen molar-refractivity contribution in [3.05, 3.63) is 58.2 Å². The van der Waals surface area contributed by atoms with Crippen LogP contribution in [-0.2, 0) is 9.53 Å². The molecule has 6 nitrogen and oxygen atoms in total. The lowest BCUT2D eigenvalue weighted by Gasteiger charge is -2.10. The van der Waals surface area contributed by atoms with Gasteiger partial charge in [-0.15, -0.1) is 0 Å². The molecule has 8 heteroatoms. The number of esters is 1. The molecule has 0 fully saturated rings. The van der Waals surface area contributed by atoms with Gasteiger partial charge in [0.25, 0.3) is 5.91 Å². The molecule has 0 aliphatic carbocycles. The summed E-state index contributed by atoms with van der Waals surface area (Å²) in [5.74, 6) is -0.664. The molecule has 0 saturated carbocycles. The van der Waals surface area contributed by atoms with E-state index in [0.717, 1.165) is 0 Å². The van der Waals surface area contributed by atoms with E-state index >= 15 is 0 Å². The van der Waals surface area contributed by atoms with Gasteiger partial charge in [-0.25, -0.2) is 4.79 Å². The Bertz CT molecular complexity index is 1000. The molecule has 0 radical (unpaired) electrons. The average molecular weight is 407 g/mol. The number of H-pyrrole nitrogens is 1. The molecule has 2 N–H and O–H groups in total. The number of carbonyl (C=O) groups is 2. The number of aromatic amines is 1. The molecule has 0 saturated heterocycles. The molecular formula is C19H16Cl2N2O4. The van der Waals surface area contributed by atoms with Crippen LogP contribution in [0.4, 0.5) is 5.69 Å². The minimum Gasteiger partial charge on any atom is -0.482 e. The molecule has 27 heavy (non-hydrogen) atoms. The van der Waals surface area contributed by atoms with Crippen molar-refractivity contribution in [3.63, 3.8) is 0 Å². The Morgan fingerprint density at radius 3 is 2.67 bits per heavy atom. The lowest BCUT2D eigenvalue weighted by Crippen LogP contribution is -2.21. The van der Waals surface area contributed by atoms with Gasteiger partial charge in [0.05, 0.1) is 17.3 Å². The second-order valence-electron chi connectivity index (χ2n) is 5.55. The number of fused-ring (bicyclic) bond motifs is 1. The van der Waals surface area contributed by atoms with Crippen LogP contribution in [-0.4, -0.2) is 30.1 Å². The molecule has 1 amide bonds. The van der Waals surface area contributed by atoms with Gasteiger partial charge in [-0.1, -0.05) is 41.4 Å². The third-order valence-electron chi connectivity index (χ3n) is 3.70. The number of nitrogens with one attached hydrogen (secondary N) is 2. The summed E-state index contributed by atoms with van der Waals surface area (Å²) in [7, 11) is 0. The van der Waals surface area contributed by atoms with E-state index in [1.54, 1.807) is 31.2 Å². The summed E-state index contributed by atoms with van der Waals surface area (Å²) in [6, 6.07) is 11.9. The number of aromatic nitrogens is 1. The normalized spacial score (nSPS) is 10.6. The van der Waals surface area contributed by atoms with Crippen molar-refractivity contribution in [1.82, 2.24) is 4.98 Å². The quantitative estimate of drug-likeness (QED) is 0.582. The van der Waals surface area contributed by atoms with Crippen molar-refractivity contribution < 1.29 is 19.1 Å². The Morgan fingerprint density at radius 2 is 1.93 bits per heavy atom. The number of carbonyl (C=O) groups excluding carboxylic acids is 2. The molecule has 0 aliphatic rings. The van der Waals surface area contributed by atoms with Gasteiger partial charge in [-0.2, -0.15) is 0 Å². The van der Waals surface area contributed by atoms with Crippen LogP contribution >= 0.6 is 23.2 Å². The predicted molar refractivity (Wildman–Crippen MR) is 105 cm³/mol. The van der Waals surface area contributed by atoms with Crippen LogP contribution in [0.3, 0.4) is 0 Å². The number of rotatable bonds is 6. The molecule has 0 atom stereocenters. The molecule has 3 rings (SSSR count). The molecule has 1 aromatic heterocycles. The average Bonchev–Trinajstić information content (AvgIpc) is 3.00. The van der Waals surface area contributed by atoms with E-state index in [2.05, 4.69) is 10.3 Å². The zero-order chi connectivity index (χ0) is 19.4. The standard InChI is InChI=1S/C19H16Cl2N2O4/c1-2-26-19(25)18-17(12-5-3-4-6-14(12)22-18)23-16(24)10-27-15-8-7-11(20)9-13(15)21/h3-9,22H,2,10H2,1H3,(H,23,24). The number of benzene rings is 2. The zero-order valence-corrected chi connectivity index (χ0v) is 15.9. The smallest absolute Gasteiger partial charge is 0.356 e. The van der Waals surface area contributed by atoms with E-state index in [9.17, 15) is 9.59 Å². The first-order chi connectivity index (χ1) is 13.0. The summed E-state index contributed by atoms with van der Waals surface area (Å²) >= 11 is 11.9. The summed E-state index contributed by atoms with van der Waals surface area (Å²) in [4.78, 5) is 27.6. The molecule has 140 valence electrons. The van der Waals surface area contributed by atoms with Crippen LogP contribution in [0.5, 0.6) is 5.75 Å². The summed E-state index contributed by atoms with van der Waals surface area (Å²) < 4.78 is 10.5. The maximum absolute atomic E-state index is 12.4.